The summed E-state index contributed by atoms with van der Waals surface area (Å²) in [7, 11) is -1.98. The van der Waals surface area contributed by atoms with E-state index in [4.69, 9.17) is 14.8 Å². The van der Waals surface area contributed by atoms with Crippen LogP contribution in [0, 0.1) is 11.6 Å². The normalized spacial score (nSPS) is 10.3. The van der Waals surface area contributed by atoms with Gasteiger partial charge in [0.1, 0.15) is 0 Å². The smallest absolute Gasteiger partial charge is 0.488 e. The summed E-state index contributed by atoms with van der Waals surface area (Å²) in [4.78, 5) is 0. The Morgan fingerprint density at radius 2 is 2.00 bits per heavy atom. The molecule has 0 heterocycles. The van der Waals surface area contributed by atoms with Gasteiger partial charge in [0.15, 0.2) is 17.4 Å². The van der Waals surface area contributed by atoms with Gasteiger partial charge >= 0.3 is 7.12 Å². The predicted octanol–water partition coefficient (Wildman–Crippen LogP) is 0.823. The molecule has 0 atom stereocenters. The fourth-order valence-corrected chi connectivity index (χ4v) is 1.20. The van der Waals surface area contributed by atoms with E-state index < -0.39 is 30.0 Å². The van der Waals surface area contributed by atoms with Crippen LogP contribution in [-0.4, -0.2) is 23.8 Å². The Balaban J connectivity index is 2.92. The molecule has 3 nitrogen and oxygen atoms in total. The molecule has 0 fully saturated rings. The summed E-state index contributed by atoms with van der Waals surface area (Å²) in [5, 5.41) is 17.7. The summed E-state index contributed by atoms with van der Waals surface area (Å²) < 4.78 is 31.6. The van der Waals surface area contributed by atoms with Crippen LogP contribution in [0.1, 0.15) is 19.8 Å². The second kappa shape index (κ2) is 5.82. The van der Waals surface area contributed by atoms with Crippen molar-refractivity contribution in [2.24, 2.45) is 0 Å². The lowest BCUT2D eigenvalue weighted by molar-refractivity contribution is 0.279. The van der Waals surface area contributed by atoms with E-state index in [2.05, 4.69) is 0 Å². The monoisotopic (exact) mass is 230 g/mol. The zero-order valence-electron chi connectivity index (χ0n) is 8.91. The van der Waals surface area contributed by atoms with Crippen molar-refractivity contribution >= 4 is 12.6 Å². The lowest BCUT2D eigenvalue weighted by Crippen LogP contribution is -2.33. The quantitative estimate of drug-likeness (QED) is 0.581. The number of benzene rings is 1. The Morgan fingerprint density at radius 1 is 1.31 bits per heavy atom. The van der Waals surface area contributed by atoms with Gasteiger partial charge in [0.25, 0.3) is 0 Å². The van der Waals surface area contributed by atoms with Crippen LogP contribution >= 0.6 is 0 Å². The zero-order valence-corrected chi connectivity index (χ0v) is 8.91. The molecule has 0 amide bonds. The van der Waals surface area contributed by atoms with Gasteiger partial charge in [-0.05, 0) is 12.5 Å². The molecular formula is C10H13BF2O3. The van der Waals surface area contributed by atoms with Crippen LogP contribution in [0.5, 0.6) is 5.75 Å². The van der Waals surface area contributed by atoms with E-state index >= 15 is 0 Å². The van der Waals surface area contributed by atoms with Crippen molar-refractivity contribution in [3.63, 3.8) is 0 Å². The average Bonchev–Trinajstić information content (AvgIpc) is 2.22. The maximum absolute atomic E-state index is 13.5. The molecular weight excluding hydrogens is 217 g/mol. The summed E-state index contributed by atoms with van der Waals surface area (Å²) >= 11 is 0. The fraction of sp³-hybridized carbons (Fsp3) is 0.400. The Bertz CT molecular complexity index is 358. The number of hydrogen-bond donors (Lipinski definition) is 2. The Kier molecular flexibility index (Phi) is 4.70. The number of unbranched alkanes of at least 4 members (excludes halogenated alkanes) is 1. The van der Waals surface area contributed by atoms with Gasteiger partial charge in [-0.1, -0.05) is 19.4 Å². The molecule has 0 saturated carbocycles. The highest BCUT2D eigenvalue weighted by atomic mass is 19.1. The maximum Gasteiger partial charge on any atom is 0.491 e. The summed E-state index contributed by atoms with van der Waals surface area (Å²) in [5.74, 6) is -2.47. The van der Waals surface area contributed by atoms with Crippen LogP contribution in [0.15, 0.2) is 12.1 Å². The van der Waals surface area contributed by atoms with Crippen LogP contribution in [-0.2, 0) is 0 Å². The van der Waals surface area contributed by atoms with Gasteiger partial charge in [0.05, 0.1) is 6.61 Å². The molecule has 1 rings (SSSR count). The van der Waals surface area contributed by atoms with Gasteiger partial charge in [-0.3, -0.25) is 0 Å². The minimum Gasteiger partial charge on any atom is -0.488 e. The van der Waals surface area contributed by atoms with Crippen molar-refractivity contribution in [1.82, 2.24) is 0 Å². The number of rotatable bonds is 5. The highest BCUT2D eigenvalue weighted by molar-refractivity contribution is 6.58. The van der Waals surface area contributed by atoms with Crippen molar-refractivity contribution in [2.75, 3.05) is 6.61 Å². The molecule has 6 heteroatoms. The second-order valence-electron chi connectivity index (χ2n) is 3.36. The SMILES string of the molecule is CCCCOc1c(F)ccc(B(O)O)c1F. The van der Waals surface area contributed by atoms with E-state index in [0.29, 0.717) is 6.42 Å². The summed E-state index contributed by atoms with van der Waals surface area (Å²) in [6.07, 6.45) is 1.51. The van der Waals surface area contributed by atoms with Crippen molar-refractivity contribution in [3.05, 3.63) is 23.8 Å². The molecule has 1 aromatic rings. The molecule has 0 aliphatic heterocycles. The molecule has 0 radical (unpaired) electrons. The fourth-order valence-electron chi connectivity index (χ4n) is 1.20. The van der Waals surface area contributed by atoms with Gasteiger partial charge in [-0.2, -0.15) is 0 Å². The first-order valence-electron chi connectivity index (χ1n) is 5.04. The maximum atomic E-state index is 13.5. The van der Waals surface area contributed by atoms with Crippen LogP contribution < -0.4 is 10.2 Å². The minimum absolute atomic E-state index is 0.190. The van der Waals surface area contributed by atoms with Gasteiger partial charge < -0.3 is 14.8 Å². The van der Waals surface area contributed by atoms with Crippen molar-refractivity contribution in [1.29, 1.82) is 0 Å². The minimum atomic E-state index is -1.98. The summed E-state index contributed by atoms with van der Waals surface area (Å²) in [6, 6.07) is 1.92. The van der Waals surface area contributed by atoms with Gasteiger partial charge in [-0.25, -0.2) is 8.78 Å². The molecule has 16 heavy (non-hydrogen) atoms. The van der Waals surface area contributed by atoms with E-state index in [1.165, 1.54) is 0 Å². The first-order valence-corrected chi connectivity index (χ1v) is 5.04. The topological polar surface area (TPSA) is 49.7 Å². The largest absolute Gasteiger partial charge is 0.491 e. The van der Waals surface area contributed by atoms with Crippen molar-refractivity contribution < 1.29 is 23.6 Å². The molecule has 1 aromatic carbocycles. The molecule has 2 N–H and O–H groups in total. The third-order valence-electron chi connectivity index (χ3n) is 2.10. The van der Waals surface area contributed by atoms with Gasteiger partial charge in [0.2, 0.25) is 0 Å². The first kappa shape index (κ1) is 12.9. The van der Waals surface area contributed by atoms with E-state index in [1.54, 1.807) is 0 Å². The summed E-state index contributed by atoms with van der Waals surface area (Å²) in [6.45, 7) is 2.11. The van der Waals surface area contributed by atoms with Crippen LogP contribution in [0.4, 0.5) is 8.78 Å². The average molecular weight is 230 g/mol. The highest BCUT2D eigenvalue weighted by Gasteiger charge is 2.22. The van der Waals surface area contributed by atoms with Gasteiger partial charge in [0, 0.05) is 5.46 Å². The lowest BCUT2D eigenvalue weighted by atomic mass is 9.80. The molecule has 0 aliphatic carbocycles. The molecule has 0 bridgehead atoms. The molecule has 88 valence electrons. The van der Waals surface area contributed by atoms with Gasteiger partial charge in [-0.15, -0.1) is 0 Å². The molecule has 0 saturated heterocycles. The van der Waals surface area contributed by atoms with Crippen LogP contribution in [0.25, 0.3) is 0 Å². The second-order valence-corrected chi connectivity index (χ2v) is 3.36. The van der Waals surface area contributed by atoms with Crippen molar-refractivity contribution in [3.8, 4) is 5.75 Å². The predicted molar refractivity (Wildman–Crippen MR) is 56.6 cm³/mol. The summed E-state index contributed by atoms with van der Waals surface area (Å²) in [5.41, 5.74) is -0.395. The lowest BCUT2D eigenvalue weighted by Gasteiger charge is -2.10. The van der Waals surface area contributed by atoms with Crippen molar-refractivity contribution in [2.45, 2.75) is 19.8 Å². The first-order chi connectivity index (χ1) is 7.57. The number of ether oxygens (including phenoxy) is 1. The van der Waals surface area contributed by atoms with E-state index in [9.17, 15) is 8.78 Å². The molecule has 0 spiro atoms. The number of hydrogen-bond acceptors (Lipinski definition) is 3. The molecule has 0 aromatic heterocycles. The van der Waals surface area contributed by atoms with E-state index in [0.717, 1.165) is 18.6 Å². The van der Waals surface area contributed by atoms with Crippen LogP contribution in [0.2, 0.25) is 0 Å². The molecule has 0 unspecified atom stereocenters. The Morgan fingerprint density at radius 3 is 2.56 bits per heavy atom. The van der Waals surface area contributed by atoms with E-state index in [1.807, 2.05) is 6.92 Å². The highest BCUT2D eigenvalue weighted by Crippen LogP contribution is 2.20. The Labute approximate surface area is 92.8 Å². The number of halogens is 2. The molecule has 0 aliphatic rings. The zero-order chi connectivity index (χ0) is 12.1. The van der Waals surface area contributed by atoms with E-state index in [-0.39, 0.29) is 6.61 Å². The third kappa shape index (κ3) is 2.93. The standard InChI is InChI=1S/C10H13BF2O3/c1-2-3-6-16-10-8(12)5-4-7(9(10)13)11(14)15/h4-5,14-15H,2-3,6H2,1H3. The van der Waals surface area contributed by atoms with Crippen LogP contribution in [0.3, 0.4) is 0 Å². The third-order valence-corrected chi connectivity index (χ3v) is 2.10. The Hall–Kier alpha value is -1.14.